The number of anilines is 1. The molecule has 1 heterocycles. The fraction of sp³-hybridized carbons (Fsp3) is 0.286. The van der Waals surface area contributed by atoms with Gasteiger partial charge >= 0.3 is 0 Å². The van der Waals surface area contributed by atoms with Gasteiger partial charge in [0, 0.05) is 25.2 Å². The van der Waals surface area contributed by atoms with Gasteiger partial charge in [0.05, 0.1) is 5.56 Å². The van der Waals surface area contributed by atoms with E-state index in [-0.39, 0.29) is 5.75 Å². The molecule has 0 spiro atoms. The van der Waals surface area contributed by atoms with E-state index in [4.69, 9.17) is 4.74 Å². The van der Waals surface area contributed by atoms with Crippen LogP contribution >= 0.6 is 0 Å². The quantitative estimate of drug-likeness (QED) is 0.909. The second kappa shape index (κ2) is 6.27. The largest absolute Gasteiger partial charge is 0.438 e. The lowest BCUT2D eigenvalue weighted by Gasteiger charge is -2.12. The first-order chi connectivity index (χ1) is 9.63. The summed E-state index contributed by atoms with van der Waals surface area (Å²) in [6.07, 6.45) is 2.91. The van der Waals surface area contributed by atoms with Crippen LogP contribution in [-0.2, 0) is 6.42 Å². The highest BCUT2D eigenvalue weighted by atomic mass is 19.1. The van der Waals surface area contributed by atoms with Gasteiger partial charge in [0.15, 0.2) is 0 Å². The van der Waals surface area contributed by atoms with E-state index in [1.54, 1.807) is 7.05 Å². The molecule has 1 aromatic carbocycles. The number of nitrogens with zero attached hydrogens (tertiary/aromatic N) is 2. The summed E-state index contributed by atoms with van der Waals surface area (Å²) in [6, 6.07) is 3.01. The van der Waals surface area contributed by atoms with Crippen LogP contribution in [0.4, 0.5) is 14.6 Å². The number of ether oxygens (including phenoxy) is 1. The summed E-state index contributed by atoms with van der Waals surface area (Å²) < 4.78 is 31.8. The Morgan fingerprint density at radius 1 is 1.15 bits per heavy atom. The average molecular weight is 279 g/mol. The molecule has 0 aliphatic carbocycles. The lowest BCUT2D eigenvalue weighted by molar-refractivity contribution is 0.444. The normalized spacial score (nSPS) is 10.4. The molecule has 6 heteroatoms. The number of benzene rings is 1. The minimum absolute atomic E-state index is 0.0700. The van der Waals surface area contributed by atoms with Crippen molar-refractivity contribution >= 4 is 5.82 Å². The molecule has 0 saturated heterocycles. The lowest BCUT2D eigenvalue weighted by atomic mass is 10.1. The zero-order valence-electron chi connectivity index (χ0n) is 11.3. The van der Waals surface area contributed by atoms with E-state index < -0.39 is 11.6 Å². The van der Waals surface area contributed by atoms with Crippen molar-refractivity contribution in [2.45, 2.75) is 19.8 Å². The van der Waals surface area contributed by atoms with Crippen molar-refractivity contribution in [1.29, 1.82) is 0 Å². The van der Waals surface area contributed by atoms with E-state index in [2.05, 4.69) is 15.3 Å². The van der Waals surface area contributed by atoms with Gasteiger partial charge in [0.1, 0.15) is 29.5 Å². The number of aromatic nitrogens is 2. The van der Waals surface area contributed by atoms with Crippen molar-refractivity contribution in [2.75, 3.05) is 12.4 Å². The van der Waals surface area contributed by atoms with E-state index in [1.165, 1.54) is 6.33 Å². The molecule has 0 amide bonds. The second-order valence-corrected chi connectivity index (χ2v) is 4.21. The van der Waals surface area contributed by atoms with Gasteiger partial charge in [-0.3, -0.25) is 0 Å². The highest BCUT2D eigenvalue weighted by Gasteiger charge is 2.13. The van der Waals surface area contributed by atoms with E-state index >= 15 is 0 Å². The molecule has 1 N–H and O–H groups in total. The molecule has 0 radical (unpaired) electrons. The summed E-state index contributed by atoms with van der Waals surface area (Å²) in [5.41, 5.74) is 0.780. The van der Waals surface area contributed by atoms with Crippen LogP contribution in [-0.4, -0.2) is 17.0 Å². The van der Waals surface area contributed by atoms with E-state index in [0.717, 1.165) is 30.2 Å². The SMILES string of the molecule is CCCc1c(NC)ncnc1Oc1cc(F)cc(F)c1. The van der Waals surface area contributed by atoms with Crippen LogP contribution in [0.5, 0.6) is 11.6 Å². The molecular formula is C14H15F2N3O. The zero-order valence-corrected chi connectivity index (χ0v) is 11.3. The maximum Gasteiger partial charge on any atom is 0.227 e. The summed E-state index contributed by atoms with van der Waals surface area (Å²) in [4.78, 5) is 8.15. The van der Waals surface area contributed by atoms with Gasteiger partial charge in [-0.25, -0.2) is 18.7 Å². The Bertz CT molecular complexity index is 585. The van der Waals surface area contributed by atoms with Crippen LogP contribution in [0.25, 0.3) is 0 Å². The molecule has 106 valence electrons. The van der Waals surface area contributed by atoms with Gasteiger partial charge in [0.25, 0.3) is 0 Å². The van der Waals surface area contributed by atoms with Crippen molar-refractivity contribution < 1.29 is 13.5 Å². The number of rotatable bonds is 5. The highest BCUT2D eigenvalue weighted by molar-refractivity contribution is 5.49. The first kappa shape index (κ1) is 14.2. The topological polar surface area (TPSA) is 47.0 Å². The van der Waals surface area contributed by atoms with Gasteiger partial charge in [-0.05, 0) is 6.42 Å². The summed E-state index contributed by atoms with van der Waals surface area (Å²) in [7, 11) is 1.74. The third-order valence-electron chi connectivity index (χ3n) is 2.69. The standard InChI is InChI=1S/C14H15F2N3O/c1-3-4-12-13(17-2)18-8-19-14(12)20-11-6-9(15)5-10(16)7-11/h5-8H,3-4H2,1-2H3,(H,17,18,19). The van der Waals surface area contributed by atoms with Crippen molar-refractivity contribution in [3.63, 3.8) is 0 Å². The van der Waals surface area contributed by atoms with Crippen molar-refractivity contribution in [2.24, 2.45) is 0 Å². The van der Waals surface area contributed by atoms with Gasteiger partial charge in [0.2, 0.25) is 5.88 Å². The summed E-state index contributed by atoms with van der Waals surface area (Å²) in [6.45, 7) is 2.01. The number of hydrogen-bond acceptors (Lipinski definition) is 4. The summed E-state index contributed by atoms with van der Waals surface area (Å²) in [5, 5.41) is 2.95. The van der Waals surface area contributed by atoms with Crippen LogP contribution in [0.1, 0.15) is 18.9 Å². The van der Waals surface area contributed by atoms with Gasteiger partial charge in [-0.1, -0.05) is 13.3 Å². The predicted octanol–water partition coefficient (Wildman–Crippen LogP) is 3.54. The van der Waals surface area contributed by atoms with Gasteiger partial charge in [-0.2, -0.15) is 0 Å². The molecule has 0 aliphatic rings. The maximum absolute atomic E-state index is 13.2. The highest BCUT2D eigenvalue weighted by Crippen LogP contribution is 2.28. The van der Waals surface area contributed by atoms with Crippen LogP contribution in [0.2, 0.25) is 0 Å². The van der Waals surface area contributed by atoms with Crippen LogP contribution < -0.4 is 10.1 Å². The molecule has 0 saturated carbocycles. The fourth-order valence-electron chi connectivity index (χ4n) is 1.87. The van der Waals surface area contributed by atoms with Crippen molar-refractivity contribution in [3.05, 3.63) is 41.7 Å². The third-order valence-corrected chi connectivity index (χ3v) is 2.69. The Morgan fingerprint density at radius 3 is 2.45 bits per heavy atom. The first-order valence-electron chi connectivity index (χ1n) is 6.29. The molecule has 4 nitrogen and oxygen atoms in total. The Morgan fingerprint density at radius 2 is 1.85 bits per heavy atom. The molecule has 0 unspecified atom stereocenters. The molecule has 2 aromatic rings. The minimum Gasteiger partial charge on any atom is -0.438 e. The van der Waals surface area contributed by atoms with Crippen molar-refractivity contribution in [3.8, 4) is 11.6 Å². The van der Waals surface area contributed by atoms with E-state index in [1.807, 2.05) is 6.92 Å². The Labute approximate surface area is 115 Å². The predicted molar refractivity (Wildman–Crippen MR) is 72.0 cm³/mol. The molecular weight excluding hydrogens is 264 g/mol. The fourth-order valence-corrected chi connectivity index (χ4v) is 1.87. The Kier molecular flexibility index (Phi) is 4.45. The molecule has 0 fully saturated rings. The average Bonchev–Trinajstić information content (AvgIpc) is 2.39. The third kappa shape index (κ3) is 3.20. The molecule has 0 aliphatic heterocycles. The van der Waals surface area contributed by atoms with Crippen molar-refractivity contribution in [1.82, 2.24) is 9.97 Å². The Hall–Kier alpha value is -2.24. The van der Waals surface area contributed by atoms with E-state index in [9.17, 15) is 8.78 Å². The zero-order chi connectivity index (χ0) is 14.5. The smallest absolute Gasteiger partial charge is 0.227 e. The molecule has 2 rings (SSSR count). The lowest BCUT2D eigenvalue weighted by Crippen LogP contribution is -2.03. The van der Waals surface area contributed by atoms with Crippen LogP contribution in [0.3, 0.4) is 0 Å². The minimum atomic E-state index is -0.695. The number of halogens is 2. The second-order valence-electron chi connectivity index (χ2n) is 4.21. The Balaban J connectivity index is 2.37. The van der Waals surface area contributed by atoms with Crippen LogP contribution in [0, 0.1) is 11.6 Å². The molecule has 20 heavy (non-hydrogen) atoms. The van der Waals surface area contributed by atoms with E-state index in [0.29, 0.717) is 18.1 Å². The monoisotopic (exact) mass is 279 g/mol. The first-order valence-corrected chi connectivity index (χ1v) is 6.29. The summed E-state index contributed by atoms with van der Waals surface area (Å²) >= 11 is 0. The van der Waals surface area contributed by atoms with Crippen LogP contribution in [0.15, 0.2) is 24.5 Å². The van der Waals surface area contributed by atoms with Gasteiger partial charge in [-0.15, -0.1) is 0 Å². The molecule has 1 aromatic heterocycles. The maximum atomic E-state index is 13.2. The summed E-state index contributed by atoms with van der Waals surface area (Å²) in [5.74, 6) is -0.370. The molecule has 0 atom stereocenters. The number of nitrogens with one attached hydrogen (secondary N) is 1. The number of hydrogen-bond donors (Lipinski definition) is 1. The molecule has 0 bridgehead atoms. The van der Waals surface area contributed by atoms with Gasteiger partial charge < -0.3 is 10.1 Å².